The van der Waals surface area contributed by atoms with Crippen molar-refractivity contribution in [3.05, 3.63) is 81.8 Å². The zero-order valence-corrected chi connectivity index (χ0v) is 17.8. The summed E-state index contributed by atoms with van der Waals surface area (Å²) >= 11 is 0. The number of carboxylic acid groups (broad SMARTS) is 2. The third-order valence-electron chi connectivity index (χ3n) is 5.08. The molecule has 0 fully saturated rings. The zero-order chi connectivity index (χ0) is 22.6. The van der Waals surface area contributed by atoms with Gasteiger partial charge >= 0.3 is 11.9 Å². The minimum absolute atomic E-state index is 0.149. The lowest BCUT2D eigenvalue weighted by Crippen LogP contribution is -2.32. The Hall–Kier alpha value is -3.19. The highest BCUT2D eigenvalue weighted by Gasteiger charge is 2.22. The molecule has 166 valence electrons. The second kappa shape index (κ2) is 12.5. The molecular weight excluding hydrogens is 396 g/mol. The second-order valence-electron chi connectivity index (χ2n) is 7.37. The zero-order valence-electron chi connectivity index (χ0n) is 17.8. The molecule has 1 aliphatic carbocycles. The van der Waals surface area contributed by atoms with E-state index in [0.29, 0.717) is 18.2 Å². The molecule has 3 N–H and O–H groups in total. The van der Waals surface area contributed by atoms with Crippen molar-refractivity contribution in [2.75, 3.05) is 6.54 Å². The van der Waals surface area contributed by atoms with Gasteiger partial charge in [0.15, 0.2) is 0 Å². The number of hydrogen-bond donors (Lipinski definition) is 3. The van der Waals surface area contributed by atoms with Crippen molar-refractivity contribution in [1.82, 2.24) is 9.88 Å². The smallest absolute Gasteiger partial charge is 0.328 e. The average molecular weight is 427 g/mol. The molecule has 2 aromatic rings. The van der Waals surface area contributed by atoms with Gasteiger partial charge < -0.3 is 20.1 Å². The molecule has 1 unspecified atom stereocenters. The standard InChI is InChI=1S/C20H26N2O.C4H4O4/c1-2-15-22-19-10-6-9-18(17(19)11-12-20(22)23)21-14-13-16-7-4-3-5-8-16;5-3(6)1-2-4(7)8/h3-5,7-8,11-12,18,21H,2,6,9-10,13-15H2,1H3;1-2H,(H,5,6)(H,7,8). The first-order chi connectivity index (χ1) is 14.9. The first-order valence-corrected chi connectivity index (χ1v) is 10.6. The van der Waals surface area contributed by atoms with E-state index in [9.17, 15) is 14.4 Å². The fraction of sp³-hybridized carbons (Fsp3) is 0.375. The van der Waals surface area contributed by atoms with E-state index in [4.69, 9.17) is 10.2 Å². The van der Waals surface area contributed by atoms with E-state index in [1.807, 2.05) is 10.6 Å². The number of carboxylic acids is 2. The van der Waals surface area contributed by atoms with Crippen molar-refractivity contribution < 1.29 is 19.8 Å². The van der Waals surface area contributed by atoms with Gasteiger partial charge in [-0.2, -0.15) is 0 Å². The summed E-state index contributed by atoms with van der Waals surface area (Å²) < 4.78 is 1.99. The molecule has 1 atom stereocenters. The largest absolute Gasteiger partial charge is 0.478 e. The lowest BCUT2D eigenvalue weighted by Gasteiger charge is -2.28. The molecule has 0 saturated carbocycles. The summed E-state index contributed by atoms with van der Waals surface area (Å²) in [4.78, 5) is 31.2. The normalized spacial score (nSPS) is 15.1. The van der Waals surface area contributed by atoms with Gasteiger partial charge in [0, 0.05) is 36.5 Å². The van der Waals surface area contributed by atoms with Gasteiger partial charge in [-0.15, -0.1) is 0 Å². The van der Waals surface area contributed by atoms with Crippen LogP contribution >= 0.6 is 0 Å². The number of pyridine rings is 1. The summed E-state index contributed by atoms with van der Waals surface area (Å²) in [6, 6.07) is 14.8. The highest BCUT2D eigenvalue weighted by atomic mass is 16.4. The molecule has 0 saturated heterocycles. The molecule has 3 rings (SSSR count). The molecule has 1 aliphatic rings. The minimum atomic E-state index is -1.26. The van der Waals surface area contributed by atoms with Crippen LogP contribution in [-0.4, -0.2) is 33.3 Å². The molecule has 31 heavy (non-hydrogen) atoms. The molecule has 0 radical (unpaired) electrons. The number of rotatable bonds is 8. The molecule has 1 aromatic carbocycles. The SMILES string of the molecule is CCCn1c2c(ccc1=O)C(NCCc1ccccc1)CCC2.O=C(O)C=CC(=O)O. The predicted molar refractivity (Wildman–Crippen MR) is 119 cm³/mol. The average Bonchev–Trinajstić information content (AvgIpc) is 2.76. The van der Waals surface area contributed by atoms with E-state index in [1.165, 1.54) is 16.8 Å². The maximum Gasteiger partial charge on any atom is 0.328 e. The summed E-state index contributed by atoms with van der Waals surface area (Å²) in [6.07, 6.45) is 6.51. The Morgan fingerprint density at radius 3 is 2.39 bits per heavy atom. The monoisotopic (exact) mass is 426 g/mol. The lowest BCUT2D eigenvalue weighted by molar-refractivity contribution is -0.134. The van der Waals surface area contributed by atoms with Crippen LogP contribution in [0.2, 0.25) is 0 Å². The van der Waals surface area contributed by atoms with Crippen LogP contribution in [0.5, 0.6) is 0 Å². The number of benzene rings is 1. The molecule has 7 heteroatoms. The topological polar surface area (TPSA) is 109 Å². The van der Waals surface area contributed by atoms with Gasteiger partial charge in [-0.3, -0.25) is 4.79 Å². The minimum Gasteiger partial charge on any atom is -0.478 e. The molecule has 0 amide bonds. The van der Waals surface area contributed by atoms with Crippen LogP contribution in [0.1, 0.15) is 49.0 Å². The van der Waals surface area contributed by atoms with Crippen molar-refractivity contribution in [2.24, 2.45) is 0 Å². The van der Waals surface area contributed by atoms with Crippen LogP contribution in [0.15, 0.2) is 59.4 Å². The molecule has 0 bridgehead atoms. The van der Waals surface area contributed by atoms with Crippen LogP contribution < -0.4 is 10.9 Å². The van der Waals surface area contributed by atoms with Crippen LogP contribution in [0, 0.1) is 0 Å². The van der Waals surface area contributed by atoms with Crippen molar-refractivity contribution in [3.63, 3.8) is 0 Å². The number of nitrogens with one attached hydrogen (secondary N) is 1. The van der Waals surface area contributed by atoms with Gasteiger partial charge in [-0.05, 0) is 49.8 Å². The van der Waals surface area contributed by atoms with Gasteiger partial charge in [0.1, 0.15) is 0 Å². The van der Waals surface area contributed by atoms with Crippen molar-refractivity contribution >= 4 is 11.9 Å². The van der Waals surface area contributed by atoms with Crippen molar-refractivity contribution in [1.29, 1.82) is 0 Å². The van der Waals surface area contributed by atoms with E-state index >= 15 is 0 Å². The van der Waals surface area contributed by atoms with Crippen LogP contribution in [0.25, 0.3) is 0 Å². The number of carbonyl (C=O) groups is 2. The lowest BCUT2D eigenvalue weighted by atomic mass is 9.90. The number of hydrogen-bond acceptors (Lipinski definition) is 4. The Morgan fingerprint density at radius 2 is 1.77 bits per heavy atom. The van der Waals surface area contributed by atoms with E-state index < -0.39 is 11.9 Å². The number of nitrogens with zero attached hydrogens (tertiary/aromatic N) is 1. The molecular formula is C24H30N2O5. The summed E-state index contributed by atoms with van der Waals surface area (Å²) in [5.74, 6) is -2.51. The summed E-state index contributed by atoms with van der Waals surface area (Å²) in [5.41, 5.74) is 4.10. The van der Waals surface area contributed by atoms with Gasteiger partial charge in [-0.25, -0.2) is 9.59 Å². The Kier molecular flexibility index (Phi) is 9.71. The third kappa shape index (κ3) is 7.86. The van der Waals surface area contributed by atoms with Crippen LogP contribution in [0.4, 0.5) is 0 Å². The second-order valence-corrected chi connectivity index (χ2v) is 7.37. The summed E-state index contributed by atoms with van der Waals surface area (Å²) in [5, 5.41) is 19.3. The predicted octanol–water partition coefficient (Wildman–Crippen LogP) is 3.18. The van der Waals surface area contributed by atoms with Gasteiger partial charge in [-0.1, -0.05) is 43.3 Å². The quantitative estimate of drug-likeness (QED) is 0.560. The molecule has 1 aromatic heterocycles. The van der Waals surface area contributed by atoms with E-state index in [0.717, 1.165) is 45.2 Å². The van der Waals surface area contributed by atoms with E-state index in [1.54, 1.807) is 6.07 Å². The molecule has 0 spiro atoms. The number of aromatic nitrogens is 1. The highest BCUT2D eigenvalue weighted by Crippen LogP contribution is 2.28. The van der Waals surface area contributed by atoms with Gasteiger partial charge in [0.25, 0.3) is 5.56 Å². The highest BCUT2D eigenvalue weighted by molar-refractivity contribution is 5.89. The Balaban J connectivity index is 0.000000366. The van der Waals surface area contributed by atoms with Crippen molar-refractivity contribution in [2.45, 2.75) is 51.6 Å². The Labute approximate surface area is 182 Å². The first-order valence-electron chi connectivity index (χ1n) is 10.6. The maximum absolute atomic E-state index is 12.1. The van der Waals surface area contributed by atoms with E-state index in [-0.39, 0.29) is 5.56 Å². The third-order valence-corrected chi connectivity index (χ3v) is 5.08. The fourth-order valence-corrected chi connectivity index (χ4v) is 3.72. The molecule has 1 heterocycles. The summed E-state index contributed by atoms with van der Waals surface area (Å²) in [7, 11) is 0. The van der Waals surface area contributed by atoms with Gasteiger partial charge in [0.2, 0.25) is 0 Å². The summed E-state index contributed by atoms with van der Waals surface area (Å²) in [6.45, 7) is 3.93. The first kappa shape index (κ1) is 24.1. The number of fused-ring (bicyclic) bond motifs is 1. The Morgan fingerprint density at radius 1 is 1.10 bits per heavy atom. The van der Waals surface area contributed by atoms with Crippen molar-refractivity contribution in [3.8, 4) is 0 Å². The van der Waals surface area contributed by atoms with Gasteiger partial charge in [0.05, 0.1) is 0 Å². The molecule has 0 aliphatic heterocycles. The molecule has 7 nitrogen and oxygen atoms in total. The van der Waals surface area contributed by atoms with E-state index in [2.05, 4.69) is 42.6 Å². The van der Waals surface area contributed by atoms with Crippen LogP contribution in [0.3, 0.4) is 0 Å². The van der Waals surface area contributed by atoms with Crippen LogP contribution in [-0.2, 0) is 29.0 Å². The fourth-order valence-electron chi connectivity index (χ4n) is 3.72. The Bertz CT molecular complexity index is 934. The number of aliphatic carboxylic acids is 2. The maximum atomic E-state index is 12.1.